The summed E-state index contributed by atoms with van der Waals surface area (Å²) in [5, 5.41) is 0. The Morgan fingerprint density at radius 2 is 1.88 bits per heavy atom. The predicted octanol–water partition coefficient (Wildman–Crippen LogP) is 0.685. The minimum atomic E-state index is -3.24. The van der Waals surface area contributed by atoms with Gasteiger partial charge in [0, 0.05) is 26.2 Å². The van der Waals surface area contributed by atoms with Crippen LogP contribution in [0.25, 0.3) is 0 Å². The molecule has 2 aliphatic rings. The van der Waals surface area contributed by atoms with Gasteiger partial charge in [0.1, 0.15) is 0 Å². The highest BCUT2D eigenvalue weighted by molar-refractivity contribution is 7.86. The van der Waals surface area contributed by atoms with E-state index in [2.05, 4.69) is 6.92 Å². The smallest absolute Gasteiger partial charge is 0.282 e. The van der Waals surface area contributed by atoms with Gasteiger partial charge in [-0.15, -0.1) is 0 Å². The topological polar surface area (TPSA) is 49.9 Å². The van der Waals surface area contributed by atoms with Gasteiger partial charge in [0.15, 0.2) is 0 Å². The van der Waals surface area contributed by atoms with Gasteiger partial charge in [0.05, 0.1) is 13.2 Å². The van der Waals surface area contributed by atoms with Gasteiger partial charge in [0.2, 0.25) is 0 Å². The fraction of sp³-hybridized carbons (Fsp3) is 1.00. The van der Waals surface area contributed by atoms with E-state index in [0.717, 1.165) is 19.3 Å². The lowest BCUT2D eigenvalue weighted by Crippen LogP contribution is -2.51. The van der Waals surface area contributed by atoms with E-state index < -0.39 is 10.2 Å². The largest absolute Gasteiger partial charge is 0.379 e. The summed E-state index contributed by atoms with van der Waals surface area (Å²) in [7, 11) is -3.24. The second kappa shape index (κ2) is 5.65. The molecule has 0 aliphatic carbocycles. The van der Waals surface area contributed by atoms with Crippen LogP contribution >= 0.6 is 0 Å². The Morgan fingerprint density at radius 3 is 2.53 bits per heavy atom. The van der Waals surface area contributed by atoms with E-state index in [1.807, 2.05) is 0 Å². The van der Waals surface area contributed by atoms with Gasteiger partial charge in [-0.05, 0) is 18.8 Å². The molecule has 2 heterocycles. The average Bonchev–Trinajstić information content (AvgIpc) is 2.40. The van der Waals surface area contributed by atoms with Crippen molar-refractivity contribution < 1.29 is 13.2 Å². The molecule has 2 aliphatic heterocycles. The maximum atomic E-state index is 12.4. The molecule has 1 atom stereocenters. The molecule has 0 amide bonds. The van der Waals surface area contributed by atoms with Crippen LogP contribution in [0.5, 0.6) is 0 Å². The molecule has 100 valence electrons. The first-order valence-electron chi connectivity index (χ1n) is 6.47. The van der Waals surface area contributed by atoms with E-state index in [1.54, 1.807) is 8.61 Å². The fourth-order valence-electron chi connectivity index (χ4n) is 2.51. The van der Waals surface area contributed by atoms with Crippen molar-refractivity contribution in [2.75, 3.05) is 39.4 Å². The number of hydrogen-bond acceptors (Lipinski definition) is 3. The Labute approximate surface area is 104 Å². The quantitative estimate of drug-likeness (QED) is 0.752. The van der Waals surface area contributed by atoms with Crippen molar-refractivity contribution >= 4 is 10.2 Å². The summed E-state index contributed by atoms with van der Waals surface area (Å²) in [5.74, 6) is 0.527. The molecule has 6 heteroatoms. The molecular formula is C11H22N2O3S. The zero-order chi connectivity index (χ0) is 12.3. The summed E-state index contributed by atoms with van der Waals surface area (Å²) >= 11 is 0. The van der Waals surface area contributed by atoms with Crippen molar-refractivity contribution in [2.24, 2.45) is 5.92 Å². The molecule has 5 nitrogen and oxygen atoms in total. The van der Waals surface area contributed by atoms with Crippen molar-refractivity contribution in [1.82, 2.24) is 8.61 Å². The van der Waals surface area contributed by atoms with Gasteiger partial charge in [0.25, 0.3) is 10.2 Å². The number of rotatable bonds is 3. The van der Waals surface area contributed by atoms with E-state index in [9.17, 15) is 8.42 Å². The van der Waals surface area contributed by atoms with Crippen LogP contribution in [-0.2, 0) is 14.9 Å². The summed E-state index contributed by atoms with van der Waals surface area (Å²) in [5.41, 5.74) is 0. The number of morpholine rings is 1. The maximum Gasteiger partial charge on any atom is 0.282 e. The van der Waals surface area contributed by atoms with E-state index in [1.165, 1.54) is 0 Å². The van der Waals surface area contributed by atoms with Crippen LogP contribution in [0, 0.1) is 5.92 Å². The minimum Gasteiger partial charge on any atom is -0.379 e. The van der Waals surface area contributed by atoms with E-state index >= 15 is 0 Å². The molecular weight excluding hydrogens is 240 g/mol. The first kappa shape index (κ1) is 13.3. The zero-order valence-corrected chi connectivity index (χ0v) is 11.3. The number of nitrogens with zero attached hydrogens (tertiary/aromatic N) is 2. The molecule has 0 spiro atoms. The summed E-state index contributed by atoms with van der Waals surface area (Å²) in [4.78, 5) is 0. The molecule has 2 fully saturated rings. The van der Waals surface area contributed by atoms with Crippen LogP contribution < -0.4 is 0 Å². The highest BCUT2D eigenvalue weighted by atomic mass is 32.2. The van der Waals surface area contributed by atoms with Crippen LogP contribution in [0.4, 0.5) is 0 Å². The van der Waals surface area contributed by atoms with Crippen molar-refractivity contribution in [3.8, 4) is 0 Å². The van der Waals surface area contributed by atoms with Gasteiger partial charge in [-0.25, -0.2) is 0 Å². The summed E-state index contributed by atoms with van der Waals surface area (Å²) in [6.07, 6.45) is 3.21. The highest BCUT2D eigenvalue weighted by Gasteiger charge is 2.33. The highest BCUT2D eigenvalue weighted by Crippen LogP contribution is 2.23. The van der Waals surface area contributed by atoms with Gasteiger partial charge >= 0.3 is 0 Å². The molecule has 0 N–H and O–H groups in total. The van der Waals surface area contributed by atoms with Crippen LogP contribution in [0.2, 0.25) is 0 Å². The van der Waals surface area contributed by atoms with Crippen LogP contribution in [0.1, 0.15) is 26.2 Å². The van der Waals surface area contributed by atoms with Crippen molar-refractivity contribution in [3.63, 3.8) is 0 Å². The third-order valence-electron chi connectivity index (χ3n) is 3.68. The van der Waals surface area contributed by atoms with E-state index in [-0.39, 0.29) is 0 Å². The van der Waals surface area contributed by atoms with Crippen LogP contribution in [-0.4, -0.2) is 56.4 Å². The Morgan fingerprint density at radius 1 is 1.18 bits per heavy atom. The zero-order valence-electron chi connectivity index (χ0n) is 10.5. The molecule has 0 unspecified atom stereocenters. The van der Waals surface area contributed by atoms with Gasteiger partial charge in [-0.1, -0.05) is 13.3 Å². The Kier molecular flexibility index (Phi) is 4.41. The summed E-state index contributed by atoms with van der Waals surface area (Å²) in [6, 6.07) is 0. The Hall–Kier alpha value is -0.170. The SMILES string of the molecule is CC[C@H]1CCCN(S(=O)(=O)N2CCOCC2)C1. The lowest BCUT2D eigenvalue weighted by Gasteiger charge is -2.36. The summed E-state index contributed by atoms with van der Waals surface area (Å²) < 4.78 is 33.2. The normalized spacial score (nSPS) is 29.4. The van der Waals surface area contributed by atoms with Gasteiger partial charge in [-0.2, -0.15) is 17.0 Å². The molecule has 2 rings (SSSR count). The van der Waals surface area contributed by atoms with Crippen molar-refractivity contribution in [2.45, 2.75) is 26.2 Å². The number of hydrogen-bond donors (Lipinski definition) is 0. The molecule has 17 heavy (non-hydrogen) atoms. The monoisotopic (exact) mass is 262 g/mol. The van der Waals surface area contributed by atoms with Gasteiger partial charge in [-0.3, -0.25) is 0 Å². The van der Waals surface area contributed by atoms with Crippen molar-refractivity contribution in [1.29, 1.82) is 0 Å². The molecule has 2 saturated heterocycles. The first-order valence-corrected chi connectivity index (χ1v) is 7.87. The second-order valence-corrected chi connectivity index (χ2v) is 6.72. The minimum absolute atomic E-state index is 0.496. The number of ether oxygens (including phenoxy) is 1. The molecule has 0 aromatic heterocycles. The van der Waals surface area contributed by atoms with Crippen molar-refractivity contribution in [3.05, 3.63) is 0 Å². The third-order valence-corrected chi connectivity index (χ3v) is 5.68. The second-order valence-electron chi connectivity index (χ2n) is 4.79. The summed E-state index contributed by atoms with van der Waals surface area (Å²) in [6.45, 7) is 5.53. The van der Waals surface area contributed by atoms with Crippen LogP contribution in [0.3, 0.4) is 0 Å². The molecule has 0 aromatic rings. The Bertz CT molecular complexity index is 339. The number of piperidine rings is 1. The average molecular weight is 262 g/mol. The van der Waals surface area contributed by atoms with Gasteiger partial charge < -0.3 is 4.74 Å². The molecule has 0 bridgehead atoms. The predicted molar refractivity (Wildman–Crippen MR) is 65.9 cm³/mol. The lowest BCUT2D eigenvalue weighted by molar-refractivity contribution is 0.0690. The lowest BCUT2D eigenvalue weighted by atomic mass is 9.97. The standard InChI is InChI=1S/C11H22N2O3S/c1-2-11-4-3-5-13(10-11)17(14,15)12-6-8-16-9-7-12/h11H,2-10H2,1H3/t11-/m0/s1. The van der Waals surface area contributed by atoms with E-state index in [4.69, 9.17) is 4.74 Å². The van der Waals surface area contributed by atoms with E-state index in [0.29, 0.717) is 45.3 Å². The molecule has 0 radical (unpaired) electrons. The first-order chi connectivity index (χ1) is 8.14. The Balaban J connectivity index is 2.03. The maximum absolute atomic E-state index is 12.4. The molecule has 0 aromatic carbocycles. The third kappa shape index (κ3) is 2.99. The fourth-order valence-corrected chi connectivity index (χ4v) is 4.21. The molecule has 0 saturated carbocycles. The van der Waals surface area contributed by atoms with Crippen LogP contribution in [0.15, 0.2) is 0 Å².